The normalized spacial score (nSPS) is 12.8. The number of aliphatic hydroxyl groups is 1. The van der Waals surface area contributed by atoms with Gasteiger partial charge in [0.2, 0.25) is 0 Å². The summed E-state index contributed by atoms with van der Waals surface area (Å²) in [5, 5.41) is 8.68. The second-order valence-electron chi connectivity index (χ2n) is 3.03. The lowest BCUT2D eigenvalue weighted by atomic mass is 10.1. The average molecular weight is 276 g/mol. The predicted molar refractivity (Wildman–Crippen MR) is 54.3 cm³/mol. The molecule has 1 rings (SSSR count). The van der Waals surface area contributed by atoms with Gasteiger partial charge in [0.1, 0.15) is 0 Å². The van der Waals surface area contributed by atoms with Crippen LogP contribution in [0.2, 0.25) is 0 Å². The first kappa shape index (κ1) is 16.0. The van der Waals surface area contributed by atoms with Crippen LogP contribution in [-0.2, 0) is 0 Å². The fourth-order valence-corrected chi connectivity index (χ4v) is 1.06. The SMILES string of the molecule is Cl.N[C@@H](CO)c1ccc(OC(F)(F)F)c(F)c1. The summed E-state index contributed by atoms with van der Waals surface area (Å²) in [7, 11) is 0. The van der Waals surface area contributed by atoms with Crippen molar-refractivity contribution >= 4 is 12.4 Å². The number of alkyl halides is 3. The summed E-state index contributed by atoms with van der Waals surface area (Å²) in [5.41, 5.74) is 5.55. The highest BCUT2D eigenvalue weighted by atomic mass is 35.5. The Morgan fingerprint density at radius 1 is 1.35 bits per heavy atom. The van der Waals surface area contributed by atoms with Crippen LogP contribution in [0.5, 0.6) is 5.75 Å². The molecule has 98 valence electrons. The molecule has 0 aliphatic heterocycles. The molecule has 3 nitrogen and oxygen atoms in total. The molecule has 0 saturated heterocycles. The standard InChI is InChI=1S/C9H9F4NO2.ClH/c10-6-3-5(7(14)4-15)1-2-8(6)16-9(11,12)13;/h1-3,7,15H,4,14H2;1H/t7-;/m0./s1. The molecule has 0 heterocycles. The summed E-state index contributed by atoms with van der Waals surface area (Å²) < 4.78 is 51.9. The minimum atomic E-state index is -4.94. The number of hydrogen-bond acceptors (Lipinski definition) is 3. The van der Waals surface area contributed by atoms with E-state index in [0.29, 0.717) is 0 Å². The van der Waals surface area contributed by atoms with Gasteiger partial charge in [-0.25, -0.2) is 4.39 Å². The van der Waals surface area contributed by atoms with Gasteiger partial charge in [-0.05, 0) is 17.7 Å². The maximum atomic E-state index is 13.1. The van der Waals surface area contributed by atoms with Crippen molar-refractivity contribution in [1.29, 1.82) is 0 Å². The molecule has 1 aromatic rings. The second-order valence-corrected chi connectivity index (χ2v) is 3.03. The van der Waals surface area contributed by atoms with Crippen molar-refractivity contribution in [3.05, 3.63) is 29.6 Å². The highest BCUT2D eigenvalue weighted by Gasteiger charge is 2.32. The highest BCUT2D eigenvalue weighted by Crippen LogP contribution is 2.27. The van der Waals surface area contributed by atoms with Crippen LogP contribution in [0.15, 0.2) is 18.2 Å². The number of aliphatic hydroxyl groups excluding tert-OH is 1. The Morgan fingerprint density at radius 3 is 2.35 bits per heavy atom. The lowest BCUT2D eigenvalue weighted by Crippen LogP contribution is -2.19. The third-order valence-corrected chi connectivity index (χ3v) is 1.81. The number of halogens is 5. The van der Waals surface area contributed by atoms with Gasteiger partial charge in [0.25, 0.3) is 0 Å². The highest BCUT2D eigenvalue weighted by molar-refractivity contribution is 5.85. The van der Waals surface area contributed by atoms with E-state index in [2.05, 4.69) is 4.74 Å². The van der Waals surface area contributed by atoms with Crippen molar-refractivity contribution in [3.8, 4) is 5.75 Å². The molecule has 0 spiro atoms. The molecule has 0 saturated carbocycles. The van der Waals surface area contributed by atoms with Crippen LogP contribution in [0.3, 0.4) is 0 Å². The molecule has 0 unspecified atom stereocenters. The number of nitrogens with two attached hydrogens (primary N) is 1. The summed E-state index contributed by atoms with van der Waals surface area (Å²) in [6, 6.07) is 1.93. The van der Waals surface area contributed by atoms with E-state index in [4.69, 9.17) is 10.8 Å². The third-order valence-electron chi connectivity index (χ3n) is 1.81. The molecule has 0 bridgehead atoms. The molecule has 3 N–H and O–H groups in total. The first-order valence-corrected chi connectivity index (χ1v) is 4.25. The van der Waals surface area contributed by atoms with E-state index in [0.717, 1.165) is 18.2 Å². The Labute approximate surface area is 101 Å². The van der Waals surface area contributed by atoms with E-state index in [-0.39, 0.29) is 18.0 Å². The third kappa shape index (κ3) is 4.76. The fourth-order valence-electron chi connectivity index (χ4n) is 1.06. The van der Waals surface area contributed by atoms with Gasteiger partial charge in [-0.1, -0.05) is 6.07 Å². The Balaban J connectivity index is 0.00000256. The molecular weight excluding hydrogens is 266 g/mol. The summed E-state index contributed by atoms with van der Waals surface area (Å²) in [5.74, 6) is -2.11. The molecule has 0 radical (unpaired) electrons. The van der Waals surface area contributed by atoms with Gasteiger partial charge in [-0.3, -0.25) is 0 Å². The monoisotopic (exact) mass is 275 g/mol. The molecule has 0 aromatic heterocycles. The van der Waals surface area contributed by atoms with Crippen molar-refractivity contribution in [2.45, 2.75) is 12.4 Å². The van der Waals surface area contributed by atoms with Crippen molar-refractivity contribution in [2.24, 2.45) is 5.73 Å². The van der Waals surface area contributed by atoms with Gasteiger partial charge in [0.15, 0.2) is 11.6 Å². The summed E-state index contributed by atoms with van der Waals surface area (Å²) >= 11 is 0. The van der Waals surface area contributed by atoms with E-state index in [1.54, 1.807) is 0 Å². The predicted octanol–water partition coefficient (Wildman–Crippen LogP) is 2.14. The molecule has 17 heavy (non-hydrogen) atoms. The lowest BCUT2D eigenvalue weighted by Gasteiger charge is -2.12. The quantitative estimate of drug-likeness (QED) is 0.831. The van der Waals surface area contributed by atoms with Gasteiger partial charge < -0.3 is 15.6 Å². The van der Waals surface area contributed by atoms with Crippen LogP contribution in [0, 0.1) is 5.82 Å². The van der Waals surface area contributed by atoms with Crippen molar-refractivity contribution < 1.29 is 27.4 Å². The lowest BCUT2D eigenvalue weighted by molar-refractivity contribution is -0.275. The smallest absolute Gasteiger partial charge is 0.403 e. The van der Waals surface area contributed by atoms with Crippen molar-refractivity contribution in [2.75, 3.05) is 6.61 Å². The van der Waals surface area contributed by atoms with Gasteiger partial charge in [0.05, 0.1) is 12.6 Å². The number of rotatable bonds is 3. The van der Waals surface area contributed by atoms with Crippen LogP contribution in [0.4, 0.5) is 17.6 Å². The maximum Gasteiger partial charge on any atom is 0.573 e. The van der Waals surface area contributed by atoms with E-state index in [1.807, 2.05) is 0 Å². The average Bonchev–Trinajstić information content (AvgIpc) is 2.18. The molecule has 1 atom stereocenters. The first-order valence-electron chi connectivity index (χ1n) is 4.25. The largest absolute Gasteiger partial charge is 0.573 e. The summed E-state index contributed by atoms with van der Waals surface area (Å²) in [6.45, 7) is -0.432. The van der Waals surface area contributed by atoms with Crippen molar-refractivity contribution in [3.63, 3.8) is 0 Å². The minimum absolute atomic E-state index is 0. The zero-order valence-corrected chi connectivity index (χ0v) is 9.19. The Kier molecular flexibility index (Phi) is 5.67. The van der Waals surface area contributed by atoms with Crippen molar-refractivity contribution in [1.82, 2.24) is 0 Å². The molecule has 8 heteroatoms. The second kappa shape index (κ2) is 6.04. The van der Waals surface area contributed by atoms with E-state index < -0.39 is 30.6 Å². The zero-order chi connectivity index (χ0) is 12.3. The Bertz CT molecular complexity index is 373. The topological polar surface area (TPSA) is 55.5 Å². The van der Waals surface area contributed by atoms with Gasteiger partial charge >= 0.3 is 6.36 Å². The summed E-state index contributed by atoms with van der Waals surface area (Å²) in [4.78, 5) is 0. The number of hydrogen-bond donors (Lipinski definition) is 2. The van der Waals surface area contributed by atoms with Crippen LogP contribution >= 0.6 is 12.4 Å². The first-order chi connectivity index (χ1) is 7.33. The molecule has 0 aliphatic rings. The maximum absolute atomic E-state index is 13.1. The molecule has 0 amide bonds. The molecule has 0 aliphatic carbocycles. The van der Waals surface area contributed by atoms with E-state index >= 15 is 0 Å². The summed E-state index contributed by atoms with van der Waals surface area (Å²) in [6.07, 6.45) is -4.94. The molecular formula is C9H10ClF4NO2. The number of ether oxygens (including phenoxy) is 1. The van der Waals surface area contributed by atoms with Crippen LogP contribution in [0.1, 0.15) is 11.6 Å². The van der Waals surface area contributed by atoms with Crippen LogP contribution in [-0.4, -0.2) is 18.1 Å². The Morgan fingerprint density at radius 2 is 1.94 bits per heavy atom. The zero-order valence-electron chi connectivity index (χ0n) is 8.37. The molecule has 1 aromatic carbocycles. The van der Waals surface area contributed by atoms with Crippen LogP contribution in [0.25, 0.3) is 0 Å². The van der Waals surface area contributed by atoms with Gasteiger partial charge in [0, 0.05) is 0 Å². The fraction of sp³-hybridized carbons (Fsp3) is 0.333. The van der Waals surface area contributed by atoms with E-state index in [1.165, 1.54) is 0 Å². The minimum Gasteiger partial charge on any atom is -0.403 e. The number of benzene rings is 1. The van der Waals surface area contributed by atoms with E-state index in [9.17, 15) is 17.6 Å². The van der Waals surface area contributed by atoms with Crippen LogP contribution < -0.4 is 10.5 Å². The Hall–Kier alpha value is -1.05. The van der Waals surface area contributed by atoms with Gasteiger partial charge in [-0.2, -0.15) is 0 Å². The molecule has 0 fully saturated rings. The van der Waals surface area contributed by atoms with Gasteiger partial charge in [-0.15, -0.1) is 25.6 Å².